The molecule has 30 heavy (non-hydrogen) atoms. The summed E-state index contributed by atoms with van der Waals surface area (Å²) >= 11 is 0. The van der Waals surface area contributed by atoms with Crippen molar-refractivity contribution >= 4 is 17.3 Å². The van der Waals surface area contributed by atoms with E-state index in [0.29, 0.717) is 12.0 Å². The summed E-state index contributed by atoms with van der Waals surface area (Å²) in [6.45, 7) is 6.19. The normalized spacial score (nSPS) is 20.3. The zero-order valence-electron chi connectivity index (χ0n) is 17.3. The maximum absolute atomic E-state index is 6.00. The van der Waals surface area contributed by atoms with Gasteiger partial charge in [0.05, 0.1) is 12.3 Å². The zero-order chi connectivity index (χ0) is 20.3. The van der Waals surface area contributed by atoms with Crippen molar-refractivity contribution in [1.29, 1.82) is 0 Å². The Morgan fingerprint density at radius 2 is 2.20 bits per heavy atom. The SMILES string of the molecule is CCCOC1CCN(c2c(-c3cn[nH]c3)ncn3nc(NC4CCOCC4)nc23)C1. The van der Waals surface area contributed by atoms with E-state index < -0.39 is 0 Å². The predicted molar refractivity (Wildman–Crippen MR) is 113 cm³/mol. The molecule has 0 radical (unpaired) electrons. The molecule has 1 unspecified atom stereocenters. The molecule has 2 aliphatic heterocycles. The lowest BCUT2D eigenvalue weighted by Gasteiger charge is -2.22. The molecule has 0 amide bonds. The van der Waals surface area contributed by atoms with Gasteiger partial charge in [0.25, 0.3) is 0 Å². The van der Waals surface area contributed by atoms with Gasteiger partial charge in [-0.25, -0.2) is 4.98 Å². The molecule has 2 saturated heterocycles. The lowest BCUT2D eigenvalue weighted by Crippen LogP contribution is -2.28. The van der Waals surface area contributed by atoms with Crippen molar-refractivity contribution in [3.63, 3.8) is 0 Å². The van der Waals surface area contributed by atoms with Gasteiger partial charge >= 0.3 is 0 Å². The highest BCUT2D eigenvalue weighted by Crippen LogP contribution is 2.34. The van der Waals surface area contributed by atoms with Gasteiger partial charge in [-0.1, -0.05) is 6.92 Å². The number of nitrogens with one attached hydrogen (secondary N) is 2. The molecule has 0 aromatic carbocycles. The quantitative estimate of drug-likeness (QED) is 0.608. The van der Waals surface area contributed by atoms with Crippen LogP contribution in [0.4, 0.5) is 11.6 Å². The molecule has 0 bridgehead atoms. The lowest BCUT2D eigenvalue weighted by molar-refractivity contribution is 0.0688. The van der Waals surface area contributed by atoms with Crippen molar-refractivity contribution in [1.82, 2.24) is 29.8 Å². The summed E-state index contributed by atoms with van der Waals surface area (Å²) in [4.78, 5) is 11.9. The standard InChI is InChI=1S/C20H28N8O2/c1-2-7-30-16-3-6-27(12-16)18-17(14-10-22-23-11-14)21-13-28-19(18)25-20(26-28)24-15-4-8-29-9-5-15/h10-11,13,15-16H,2-9,12H2,1H3,(H,22,23)(H,24,26). The molecule has 0 spiro atoms. The van der Waals surface area contributed by atoms with Crippen molar-refractivity contribution in [2.24, 2.45) is 0 Å². The van der Waals surface area contributed by atoms with Gasteiger partial charge in [0.1, 0.15) is 17.7 Å². The highest BCUT2D eigenvalue weighted by Gasteiger charge is 2.29. The molecule has 0 saturated carbocycles. The third-order valence-corrected chi connectivity index (χ3v) is 5.71. The third-order valence-electron chi connectivity index (χ3n) is 5.71. The number of aromatic nitrogens is 6. The molecular formula is C20H28N8O2. The van der Waals surface area contributed by atoms with Crippen LogP contribution in [0.1, 0.15) is 32.6 Å². The molecule has 3 aromatic rings. The monoisotopic (exact) mass is 412 g/mol. The van der Waals surface area contributed by atoms with E-state index in [2.05, 4.69) is 32.4 Å². The van der Waals surface area contributed by atoms with Crippen molar-refractivity contribution in [2.45, 2.75) is 44.8 Å². The van der Waals surface area contributed by atoms with E-state index in [0.717, 1.165) is 81.2 Å². The highest BCUT2D eigenvalue weighted by atomic mass is 16.5. The number of anilines is 2. The van der Waals surface area contributed by atoms with E-state index in [4.69, 9.17) is 19.4 Å². The van der Waals surface area contributed by atoms with E-state index >= 15 is 0 Å². The highest BCUT2D eigenvalue weighted by molar-refractivity contribution is 5.85. The first-order chi connectivity index (χ1) is 14.8. The van der Waals surface area contributed by atoms with E-state index in [1.54, 1.807) is 17.0 Å². The summed E-state index contributed by atoms with van der Waals surface area (Å²) in [5.74, 6) is 0.632. The number of ether oxygens (including phenoxy) is 2. The van der Waals surface area contributed by atoms with Crippen LogP contribution in [0.5, 0.6) is 0 Å². The van der Waals surface area contributed by atoms with E-state index in [9.17, 15) is 0 Å². The van der Waals surface area contributed by atoms with E-state index in [1.165, 1.54) is 0 Å². The largest absolute Gasteiger partial charge is 0.381 e. The first-order valence-corrected chi connectivity index (χ1v) is 10.8. The Morgan fingerprint density at radius 3 is 3.00 bits per heavy atom. The van der Waals surface area contributed by atoms with Crippen LogP contribution in [0, 0.1) is 0 Å². The fourth-order valence-electron chi connectivity index (χ4n) is 4.17. The number of rotatable bonds is 7. The maximum Gasteiger partial charge on any atom is 0.243 e. The third kappa shape index (κ3) is 3.84. The van der Waals surface area contributed by atoms with Crippen molar-refractivity contribution in [3.8, 4) is 11.3 Å². The van der Waals surface area contributed by atoms with Crippen molar-refractivity contribution in [3.05, 3.63) is 18.7 Å². The Bertz CT molecular complexity index is 967. The number of hydrogen-bond acceptors (Lipinski definition) is 8. The van der Waals surface area contributed by atoms with Crippen LogP contribution in [0.15, 0.2) is 18.7 Å². The van der Waals surface area contributed by atoms with Crippen LogP contribution >= 0.6 is 0 Å². The van der Waals surface area contributed by atoms with E-state index in [1.807, 2.05) is 6.20 Å². The fraction of sp³-hybridized carbons (Fsp3) is 0.600. The Balaban J connectivity index is 1.49. The number of nitrogens with zero attached hydrogens (tertiary/aromatic N) is 6. The molecule has 2 fully saturated rings. The van der Waals surface area contributed by atoms with Crippen LogP contribution in [0.3, 0.4) is 0 Å². The second-order valence-corrected chi connectivity index (χ2v) is 7.89. The van der Waals surface area contributed by atoms with Gasteiger partial charge in [-0.05, 0) is 25.7 Å². The van der Waals surface area contributed by atoms with Crippen LogP contribution in [0.25, 0.3) is 16.9 Å². The second-order valence-electron chi connectivity index (χ2n) is 7.89. The second kappa shape index (κ2) is 8.57. The van der Waals surface area contributed by atoms with Crippen LogP contribution < -0.4 is 10.2 Å². The summed E-state index contributed by atoms with van der Waals surface area (Å²) in [6.07, 6.45) is 9.55. The Kier molecular flexibility index (Phi) is 5.50. The predicted octanol–water partition coefficient (Wildman–Crippen LogP) is 2.11. The van der Waals surface area contributed by atoms with Crippen LogP contribution in [-0.2, 0) is 9.47 Å². The minimum absolute atomic E-state index is 0.227. The molecular weight excluding hydrogens is 384 g/mol. The van der Waals surface area contributed by atoms with Gasteiger partial charge in [0, 0.05) is 50.7 Å². The van der Waals surface area contributed by atoms with Gasteiger partial charge < -0.3 is 19.7 Å². The Hall–Kier alpha value is -2.72. The minimum atomic E-state index is 0.227. The minimum Gasteiger partial charge on any atom is -0.381 e. The molecule has 3 aromatic heterocycles. The lowest BCUT2D eigenvalue weighted by atomic mass is 10.1. The summed E-state index contributed by atoms with van der Waals surface area (Å²) in [7, 11) is 0. The Morgan fingerprint density at radius 1 is 1.30 bits per heavy atom. The first kappa shape index (κ1) is 19.3. The average molecular weight is 412 g/mol. The number of H-pyrrole nitrogens is 1. The van der Waals surface area contributed by atoms with Crippen LogP contribution in [-0.4, -0.2) is 74.8 Å². The van der Waals surface area contributed by atoms with Crippen molar-refractivity contribution < 1.29 is 9.47 Å². The molecule has 10 heteroatoms. The molecule has 160 valence electrons. The molecule has 0 aliphatic carbocycles. The van der Waals surface area contributed by atoms with Gasteiger partial charge in [-0.15, -0.1) is 5.10 Å². The zero-order valence-corrected chi connectivity index (χ0v) is 17.3. The average Bonchev–Trinajstić information content (AvgIpc) is 3.52. The maximum atomic E-state index is 6.00. The number of aromatic amines is 1. The Labute approximate surface area is 175 Å². The van der Waals surface area contributed by atoms with Gasteiger partial charge in [-0.3, -0.25) is 5.10 Å². The summed E-state index contributed by atoms with van der Waals surface area (Å²) in [6, 6.07) is 0.333. The first-order valence-electron chi connectivity index (χ1n) is 10.8. The smallest absolute Gasteiger partial charge is 0.243 e. The van der Waals surface area contributed by atoms with Gasteiger partial charge in [-0.2, -0.15) is 14.6 Å². The molecule has 5 rings (SSSR count). The molecule has 1 atom stereocenters. The van der Waals surface area contributed by atoms with Gasteiger partial charge in [0.15, 0.2) is 5.65 Å². The molecule has 10 nitrogen and oxygen atoms in total. The topological polar surface area (TPSA) is 105 Å². The molecule has 5 heterocycles. The van der Waals surface area contributed by atoms with Crippen LogP contribution in [0.2, 0.25) is 0 Å². The number of fused-ring (bicyclic) bond motifs is 1. The summed E-state index contributed by atoms with van der Waals surface area (Å²) in [5.41, 5.74) is 3.57. The summed E-state index contributed by atoms with van der Waals surface area (Å²) < 4.78 is 13.2. The molecule has 2 aliphatic rings. The summed E-state index contributed by atoms with van der Waals surface area (Å²) in [5, 5.41) is 15.1. The van der Waals surface area contributed by atoms with Gasteiger partial charge in [0.2, 0.25) is 5.95 Å². The fourth-order valence-corrected chi connectivity index (χ4v) is 4.17. The van der Waals surface area contributed by atoms with Crippen molar-refractivity contribution in [2.75, 3.05) is 43.1 Å². The molecule has 2 N–H and O–H groups in total. The number of hydrogen-bond donors (Lipinski definition) is 2. The van der Waals surface area contributed by atoms with E-state index in [-0.39, 0.29) is 6.10 Å².